The Morgan fingerprint density at radius 3 is 2.71 bits per heavy atom. The summed E-state index contributed by atoms with van der Waals surface area (Å²) in [6.45, 7) is 1.97. The number of hydrogen-bond acceptors (Lipinski definition) is 6. The number of aromatic nitrogens is 3. The van der Waals surface area contributed by atoms with Gasteiger partial charge in [0.05, 0.1) is 12.0 Å². The lowest BCUT2D eigenvalue weighted by molar-refractivity contribution is -0.137. The number of nitrogens with two attached hydrogens (primary N) is 1. The van der Waals surface area contributed by atoms with Gasteiger partial charge in [-0.05, 0) is 36.9 Å². The van der Waals surface area contributed by atoms with Crippen molar-refractivity contribution in [2.45, 2.75) is 76.5 Å². The fraction of sp³-hybridized carbons (Fsp3) is 0.591. The monoisotopic (exact) mass is 450 g/mol. The van der Waals surface area contributed by atoms with Crippen molar-refractivity contribution in [2.24, 2.45) is 0 Å². The minimum Gasteiger partial charge on any atom is -0.481 e. The third kappa shape index (κ3) is 6.82. The van der Waals surface area contributed by atoms with E-state index in [9.17, 15) is 9.90 Å². The van der Waals surface area contributed by atoms with Crippen LogP contribution in [0.3, 0.4) is 0 Å². The third-order valence-corrected chi connectivity index (χ3v) is 5.47. The van der Waals surface area contributed by atoms with E-state index in [4.69, 9.17) is 33.6 Å². The van der Waals surface area contributed by atoms with Gasteiger partial charge < -0.3 is 25.3 Å². The van der Waals surface area contributed by atoms with E-state index in [1.54, 1.807) is 12.3 Å². The highest BCUT2D eigenvalue weighted by Crippen LogP contribution is 2.37. The molecule has 0 aromatic carbocycles. The zero-order chi connectivity index (χ0) is 22.9. The van der Waals surface area contributed by atoms with Gasteiger partial charge in [-0.3, -0.25) is 4.79 Å². The fourth-order valence-electron chi connectivity index (χ4n) is 3.52. The van der Waals surface area contributed by atoms with E-state index in [1.165, 1.54) is 25.7 Å². The molecule has 9 heteroatoms. The summed E-state index contributed by atoms with van der Waals surface area (Å²) in [6, 6.07) is 1.80. The molecule has 4 N–H and O–H groups in total. The van der Waals surface area contributed by atoms with Crippen LogP contribution < -0.4 is 5.73 Å². The third-order valence-electron chi connectivity index (χ3n) is 5.30. The maximum atomic E-state index is 10.1. The number of nitrogens with zero attached hydrogens (tertiary/aromatic N) is 3. The zero-order valence-corrected chi connectivity index (χ0v) is 18.6. The number of carboxylic acids is 1. The maximum Gasteiger partial charge on any atom is 0.303 e. The average molecular weight is 451 g/mol. The van der Waals surface area contributed by atoms with Crippen LogP contribution in [0.1, 0.15) is 70.9 Å². The number of carbonyl (C=O) groups is 1. The molecule has 1 saturated heterocycles. The molecule has 2 aromatic heterocycles. The Labute approximate surface area is 187 Å². The highest BCUT2D eigenvalue weighted by atomic mass is 35.5. The predicted octanol–water partition coefficient (Wildman–Crippen LogP) is 4.16. The van der Waals surface area contributed by atoms with Crippen molar-refractivity contribution in [3.63, 3.8) is 0 Å². The van der Waals surface area contributed by atoms with E-state index < -0.39 is 11.6 Å². The summed E-state index contributed by atoms with van der Waals surface area (Å²) < 4.78 is 7.63. The topological polar surface area (TPSA) is 123 Å². The molecule has 2 unspecified atom stereocenters. The lowest BCUT2D eigenvalue weighted by atomic mass is 10.0. The summed E-state index contributed by atoms with van der Waals surface area (Å²) >= 11 is 5.84. The van der Waals surface area contributed by atoms with Crippen molar-refractivity contribution in [1.29, 1.82) is 0 Å². The number of hydrogen-bond donors (Lipinski definition) is 3. The molecule has 8 nitrogen and oxygen atoms in total. The number of fused-ring (bicyclic) bond motifs is 1. The van der Waals surface area contributed by atoms with E-state index in [1.807, 2.05) is 4.57 Å². The van der Waals surface area contributed by atoms with Gasteiger partial charge in [-0.25, -0.2) is 4.98 Å². The van der Waals surface area contributed by atoms with Crippen molar-refractivity contribution in [3.05, 3.63) is 17.5 Å². The number of aliphatic hydroxyl groups is 1. The second-order valence-corrected chi connectivity index (χ2v) is 8.00. The van der Waals surface area contributed by atoms with Gasteiger partial charge in [0.2, 0.25) is 5.28 Å². The first kappa shape index (κ1) is 24.9. The molecule has 31 heavy (non-hydrogen) atoms. The molecule has 1 fully saturated rings. The second kappa shape index (κ2) is 11.9. The van der Waals surface area contributed by atoms with E-state index in [0.29, 0.717) is 36.1 Å². The molecule has 0 amide bonds. The largest absolute Gasteiger partial charge is 0.481 e. The maximum absolute atomic E-state index is 10.1. The van der Waals surface area contributed by atoms with E-state index in [0.717, 1.165) is 12.8 Å². The van der Waals surface area contributed by atoms with Crippen molar-refractivity contribution >= 4 is 34.4 Å². The molecule has 1 aliphatic heterocycles. The van der Waals surface area contributed by atoms with Crippen LogP contribution in [0.4, 0.5) is 5.82 Å². The van der Waals surface area contributed by atoms with Crippen molar-refractivity contribution in [1.82, 2.24) is 14.5 Å². The van der Waals surface area contributed by atoms with E-state index in [-0.39, 0.29) is 18.1 Å². The lowest BCUT2D eigenvalue weighted by Gasteiger charge is -2.21. The summed E-state index contributed by atoms with van der Waals surface area (Å²) in [5, 5.41) is 18.5. The smallest absolute Gasteiger partial charge is 0.303 e. The second-order valence-electron chi connectivity index (χ2n) is 7.66. The Balaban J connectivity index is 0.000000267. The Kier molecular flexibility index (Phi) is 9.56. The van der Waals surface area contributed by atoms with Crippen molar-refractivity contribution in [2.75, 3.05) is 12.3 Å². The highest BCUT2D eigenvalue weighted by Gasteiger charge is 2.39. The standard InChI is InChI=1S/C13H13ClN4O2.C9H18O2/c1-2-13(7-19)5-3-9(20-13)18-6-4-8-10(15)16-12(14)17-11(8)18;1-2-3-4-5-6-7-8-9(10)11/h1,4,6,9,19H,3,5,7H2,(H2,15,16,17);2-8H2,1H3,(H,10,11). The molecule has 3 heterocycles. The predicted molar refractivity (Wildman–Crippen MR) is 121 cm³/mol. The summed E-state index contributed by atoms with van der Waals surface area (Å²) in [6.07, 6.45) is 15.5. The summed E-state index contributed by atoms with van der Waals surface area (Å²) in [4.78, 5) is 18.2. The number of nitrogen functional groups attached to an aromatic ring is 1. The van der Waals surface area contributed by atoms with Crippen LogP contribution in [0.2, 0.25) is 5.28 Å². The number of ether oxygens (including phenoxy) is 1. The Morgan fingerprint density at radius 2 is 2.10 bits per heavy atom. The van der Waals surface area contributed by atoms with Crippen LogP contribution in [-0.4, -0.2) is 42.9 Å². The van der Waals surface area contributed by atoms with Gasteiger partial charge in [0.25, 0.3) is 0 Å². The van der Waals surface area contributed by atoms with Crippen LogP contribution in [-0.2, 0) is 9.53 Å². The fourth-order valence-corrected chi connectivity index (χ4v) is 3.69. The van der Waals surface area contributed by atoms with Gasteiger partial charge in [-0.15, -0.1) is 6.42 Å². The van der Waals surface area contributed by atoms with Crippen molar-refractivity contribution in [3.8, 4) is 12.3 Å². The first-order chi connectivity index (χ1) is 14.9. The summed E-state index contributed by atoms with van der Waals surface area (Å²) in [5.74, 6) is 2.18. The molecule has 0 aliphatic carbocycles. The van der Waals surface area contributed by atoms with Crippen molar-refractivity contribution < 1.29 is 19.7 Å². The molecule has 170 valence electrons. The molecule has 0 bridgehead atoms. The van der Waals surface area contributed by atoms with E-state index >= 15 is 0 Å². The SMILES string of the molecule is C#CC1(CO)CCC(n2ccc3c(N)nc(Cl)nc32)O1.CCCCCCCCC(=O)O. The minimum absolute atomic E-state index is 0.0818. The molecule has 0 radical (unpaired) electrons. The number of terminal acetylenes is 1. The van der Waals surface area contributed by atoms with Crippen LogP contribution in [0, 0.1) is 12.3 Å². The molecule has 2 atom stereocenters. The number of carboxylic acid groups (broad SMARTS) is 1. The highest BCUT2D eigenvalue weighted by molar-refractivity contribution is 6.28. The van der Waals surface area contributed by atoms with Crippen LogP contribution in [0.25, 0.3) is 11.0 Å². The molecule has 3 rings (SSSR count). The number of aliphatic hydroxyl groups excluding tert-OH is 1. The minimum atomic E-state index is -0.927. The molecule has 0 spiro atoms. The molecular weight excluding hydrogens is 420 g/mol. The van der Waals surface area contributed by atoms with Gasteiger partial charge in [-0.2, -0.15) is 4.98 Å². The summed E-state index contributed by atoms with van der Waals surface area (Å²) in [5.41, 5.74) is 5.48. The molecular formula is C22H31ClN4O4. The Bertz CT molecular complexity index is 911. The van der Waals surface area contributed by atoms with Crippen LogP contribution in [0.15, 0.2) is 12.3 Å². The number of rotatable bonds is 9. The Hall–Kier alpha value is -2.34. The quantitative estimate of drug-likeness (QED) is 0.297. The number of anilines is 1. The normalized spacial score (nSPS) is 20.3. The van der Waals surface area contributed by atoms with Crippen LogP contribution >= 0.6 is 11.6 Å². The van der Waals surface area contributed by atoms with Crippen LogP contribution in [0.5, 0.6) is 0 Å². The van der Waals surface area contributed by atoms with Gasteiger partial charge in [0.15, 0.2) is 5.60 Å². The average Bonchev–Trinajstić information content (AvgIpc) is 3.35. The first-order valence-corrected chi connectivity index (χ1v) is 11.0. The summed E-state index contributed by atoms with van der Waals surface area (Å²) in [7, 11) is 0. The van der Waals surface area contributed by atoms with Gasteiger partial charge >= 0.3 is 5.97 Å². The van der Waals surface area contributed by atoms with Gasteiger partial charge in [0.1, 0.15) is 17.7 Å². The first-order valence-electron chi connectivity index (χ1n) is 10.6. The van der Waals surface area contributed by atoms with Gasteiger partial charge in [-0.1, -0.05) is 44.9 Å². The van der Waals surface area contributed by atoms with Gasteiger partial charge in [0, 0.05) is 12.6 Å². The molecule has 0 saturated carbocycles. The van der Waals surface area contributed by atoms with E-state index in [2.05, 4.69) is 22.8 Å². The number of aliphatic carboxylic acids is 1. The number of unbranched alkanes of at least 4 members (excludes halogenated alkanes) is 5. The zero-order valence-electron chi connectivity index (χ0n) is 17.9. The Morgan fingerprint density at radius 1 is 1.39 bits per heavy atom. The molecule has 2 aromatic rings. The lowest BCUT2D eigenvalue weighted by Crippen LogP contribution is -2.31. The molecule has 1 aliphatic rings. The number of halogens is 1.